The maximum absolute atomic E-state index is 13.5. The van der Waals surface area contributed by atoms with Crippen molar-refractivity contribution in [1.29, 1.82) is 0 Å². The number of rotatable bonds is 8. The van der Waals surface area contributed by atoms with Crippen LogP contribution in [0.4, 0.5) is 0 Å². The molecule has 0 unspecified atom stereocenters. The molecule has 2 fully saturated rings. The highest BCUT2D eigenvalue weighted by molar-refractivity contribution is 6.46. The topological polar surface area (TPSA) is 97.8 Å². The van der Waals surface area contributed by atoms with Gasteiger partial charge in [-0.1, -0.05) is 42.5 Å². The maximum atomic E-state index is 13.5. The number of amides is 1. The molecule has 6 rings (SSSR count). The normalized spacial score (nSPS) is 20.3. The molecule has 0 spiro atoms. The molecule has 212 valence electrons. The molecule has 0 aliphatic carbocycles. The van der Waals surface area contributed by atoms with Crippen molar-refractivity contribution >= 4 is 17.4 Å². The van der Waals surface area contributed by atoms with E-state index >= 15 is 0 Å². The second-order valence-corrected chi connectivity index (χ2v) is 10.2. The Labute approximate surface area is 238 Å². The van der Waals surface area contributed by atoms with E-state index in [-0.39, 0.29) is 11.3 Å². The number of carbonyl (C=O) groups is 2. The van der Waals surface area contributed by atoms with Gasteiger partial charge in [0, 0.05) is 31.7 Å². The minimum atomic E-state index is -0.787. The van der Waals surface area contributed by atoms with Crippen LogP contribution in [0.5, 0.6) is 17.2 Å². The van der Waals surface area contributed by atoms with Gasteiger partial charge in [-0.15, -0.1) is 0 Å². The number of benzene rings is 3. The molecule has 3 aliphatic rings. The Balaban J connectivity index is 1.35. The van der Waals surface area contributed by atoms with Crippen molar-refractivity contribution in [3.8, 4) is 17.2 Å². The first-order valence-electron chi connectivity index (χ1n) is 13.8. The number of Topliss-reactive ketones (excluding diaryl/α,β-unsaturated/α-hetero) is 1. The summed E-state index contributed by atoms with van der Waals surface area (Å²) in [5.74, 6) is 0.0328. The standard InChI is InChI=1S/C32H32N2O7/c35-30(24-9-10-26-27(20-24)40-18-17-39-26)28-29(34(32(37)31(28)36)12-11-33-13-15-38-16-14-33)23-7-4-8-25(19-23)41-21-22-5-2-1-3-6-22/h1-10,19-20,29,35H,11-18,21H2/t29-/m1/s1. The molecule has 9 heteroatoms. The third-order valence-corrected chi connectivity index (χ3v) is 7.54. The molecule has 3 aromatic rings. The number of nitrogens with zero attached hydrogens (tertiary/aromatic N) is 2. The molecular formula is C32H32N2O7. The van der Waals surface area contributed by atoms with Gasteiger partial charge in [0.15, 0.2) is 11.5 Å². The zero-order chi connectivity index (χ0) is 28.2. The van der Waals surface area contributed by atoms with Crippen LogP contribution in [0.1, 0.15) is 22.7 Å². The molecule has 1 N–H and O–H groups in total. The molecular weight excluding hydrogens is 524 g/mol. The lowest BCUT2D eigenvalue weighted by Gasteiger charge is -2.31. The van der Waals surface area contributed by atoms with Crippen LogP contribution in [0, 0.1) is 0 Å². The summed E-state index contributed by atoms with van der Waals surface area (Å²) in [5.41, 5.74) is 2.11. The molecule has 3 aromatic carbocycles. The molecule has 9 nitrogen and oxygen atoms in total. The lowest BCUT2D eigenvalue weighted by atomic mass is 9.95. The van der Waals surface area contributed by atoms with E-state index in [2.05, 4.69) is 4.90 Å². The van der Waals surface area contributed by atoms with Gasteiger partial charge in [-0.25, -0.2) is 0 Å². The van der Waals surface area contributed by atoms with E-state index < -0.39 is 17.7 Å². The Hall–Kier alpha value is -4.34. The first kappa shape index (κ1) is 26.9. The van der Waals surface area contributed by atoms with E-state index in [1.54, 1.807) is 23.1 Å². The van der Waals surface area contributed by atoms with E-state index in [0.29, 0.717) is 74.5 Å². The van der Waals surface area contributed by atoms with E-state index in [9.17, 15) is 14.7 Å². The Kier molecular flexibility index (Phi) is 7.89. The first-order valence-corrected chi connectivity index (χ1v) is 13.8. The zero-order valence-corrected chi connectivity index (χ0v) is 22.7. The van der Waals surface area contributed by atoms with Gasteiger partial charge in [0.25, 0.3) is 11.7 Å². The number of hydrogen-bond acceptors (Lipinski definition) is 8. The number of ketones is 1. The summed E-state index contributed by atoms with van der Waals surface area (Å²) in [6.07, 6.45) is 0. The minimum absolute atomic E-state index is 0.0360. The maximum Gasteiger partial charge on any atom is 0.295 e. The molecule has 0 aromatic heterocycles. The fraction of sp³-hybridized carbons (Fsp3) is 0.312. The van der Waals surface area contributed by atoms with Gasteiger partial charge in [-0.3, -0.25) is 14.5 Å². The quantitative estimate of drug-likeness (QED) is 0.254. The van der Waals surface area contributed by atoms with Gasteiger partial charge < -0.3 is 29.0 Å². The Bertz CT molecular complexity index is 1450. The van der Waals surface area contributed by atoms with Gasteiger partial charge in [-0.05, 0) is 41.5 Å². The summed E-state index contributed by atoms with van der Waals surface area (Å²) < 4.78 is 22.8. The van der Waals surface area contributed by atoms with Crippen molar-refractivity contribution in [3.63, 3.8) is 0 Å². The predicted molar refractivity (Wildman–Crippen MR) is 151 cm³/mol. The summed E-state index contributed by atoms with van der Waals surface area (Å²) in [6.45, 7) is 4.89. The molecule has 41 heavy (non-hydrogen) atoms. The molecule has 1 atom stereocenters. The molecule has 3 aliphatic heterocycles. The predicted octanol–water partition coefficient (Wildman–Crippen LogP) is 3.79. The number of aliphatic hydroxyl groups excluding tert-OH is 1. The Morgan fingerprint density at radius 1 is 0.854 bits per heavy atom. The van der Waals surface area contributed by atoms with Gasteiger partial charge >= 0.3 is 0 Å². The van der Waals surface area contributed by atoms with E-state index in [1.807, 2.05) is 54.6 Å². The van der Waals surface area contributed by atoms with E-state index in [0.717, 1.165) is 18.7 Å². The van der Waals surface area contributed by atoms with Crippen molar-refractivity contribution in [1.82, 2.24) is 9.80 Å². The summed E-state index contributed by atoms with van der Waals surface area (Å²) in [6, 6.07) is 21.4. The SMILES string of the molecule is O=C1C(=O)N(CCN2CCOCC2)[C@H](c2cccc(OCc3ccccc3)c2)C1=C(O)c1ccc2c(c1)OCCO2. The van der Waals surface area contributed by atoms with Crippen molar-refractivity contribution in [2.45, 2.75) is 12.6 Å². The van der Waals surface area contributed by atoms with Crippen LogP contribution in [0.25, 0.3) is 5.76 Å². The highest BCUT2D eigenvalue weighted by atomic mass is 16.6. The average Bonchev–Trinajstić information content (AvgIpc) is 3.28. The number of ether oxygens (including phenoxy) is 4. The second kappa shape index (κ2) is 12.0. The molecule has 0 radical (unpaired) electrons. The zero-order valence-electron chi connectivity index (χ0n) is 22.7. The highest BCUT2D eigenvalue weighted by Crippen LogP contribution is 2.41. The van der Waals surface area contributed by atoms with Crippen molar-refractivity contribution in [2.24, 2.45) is 0 Å². The van der Waals surface area contributed by atoms with Crippen LogP contribution in [0.2, 0.25) is 0 Å². The summed E-state index contributed by atoms with van der Waals surface area (Å²) in [5, 5.41) is 11.5. The fourth-order valence-electron chi connectivity index (χ4n) is 5.39. The summed E-state index contributed by atoms with van der Waals surface area (Å²) >= 11 is 0. The van der Waals surface area contributed by atoms with Crippen LogP contribution in [-0.4, -0.2) is 79.2 Å². The Morgan fingerprint density at radius 2 is 1.63 bits per heavy atom. The number of aliphatic hydroxyl groups is 1. The summed E-state index contributed by atoms with van der Waals surface area (Å²) in [7, 11) is 0. The molecule has 0 saturated carbocycles. The Morgan fingerprint density at radius 3 is 2.44 bits per heavy atom. The third kappa shape index (κ3) is 5.77. The van der Waals surface area contributed by atoms with Crippen LogP contribution in [0.3, 0.4) is 0 Å². The van der Waals surface area contributed by atoms with Crippen LogP contribution in [-0.2, 0) is 20.9 Å². The lowest BCUT2D eigenvalue weighted by molar-refractivity contribution is -0.140. The molecule has 1 amide bonds. The largest absolute Gasteiger partial charge is 0.507 e. The fourth-order valence-corrected chi connectivity index (χ4v) is 5.39. The molecule has 3 heterocycles. The monoisotopic (exact) mass is 556 g/mol. The number of hydrogen-bond donors (Lipinski definition) is 1. The van der Waals surface area contributed by atoms with Gasteiger partial charge in [-0.2, -0.15) is 0 Å². The lowest BCUT2D eigenvalue weighted by Crippen LogP contribution is -2.42. The second-order valence-electron chi connectivity index (χ2n) is 10.2. The summed E-state index contributed by atoms with van der Waals surface area (Å²) in [4.78, 5) is 30.7. The van der Waals surface area contributed by atoms with Crippen molar-refractivity contribution in [2.75, 3.05) is 52.6 Å². The highest BCUT2D eigenvalue weighted by Gasteiger charge is 2.46. The van der Waals surface area contributed by atoms with Crippen LogP contribution in [0.15, 0.2) is 78.4 Å². The first-order chi connectivity index (χ1) is 20.1. The van der Waals surface area contributed by atoms with Crippen LogP contribution < -0.4 is 14.2 Å². The van der Waals surface area contributed by atoms with E-state index in [1.165, 1.54) is 0 Å². The van der Waals surface area contributed by atoms with E-state index in [4.69, 9.17) is 18.9 Å². The van der Waals surface area contributed by atoms with Crippen molar-refractivity contribution < 1.29 is 33.6 Å². The van der Waals surface area contributed by atoms with Crippen molar-refractivity contribution in [3.05, 3.63) is 95.1 Å². The van der Waals surface area contributed by atoms with Gasteiger partial charge in [0.2, 0.25) is 0 Å². The number of carbonyl (C=O) groups excluding carboxylic acids is 2. The van der Waals surface area contributed by atoms with Gasteiger partial charge in [0.1, 0.15) is 31.3 Å². The number of likely N-dealkylation sites (tertiary alicyclic amines) is 1. The molecule has 0 bridgehead atoms. The smallest absolute Gasteiger partial charge is 0.295 e. The average molecular weight is 557 g/mol. The minimum Gasteiger partial charge on any atom is -0.507 e. The molecule has 2 saturated heterocycles. The van der Waals surface area contributed by atoms with Crippen LogP contribution >= 0.6 is 0 Å². The third-order valence-electron chi connectivity index (χ3n) is 7.54. The number of fused-ring (bicyclic) bond motifs is 1. The number of morpholine rings is 1. The van der Waals surface area contributed by atoms with Gasteiger partial charge in [0.05, 0.1) is 24.8 Å².